The minimum atomic E-state index is -3.14. The van der Waals surface area contributed by atoms with Gasteiger partial charge in [0, 0.05) is 5.69 Å². The van der Waals surface area contributed by atoms with Gasteiger partial charge in [-0.25, -0.2) is 8.42 Å². The summed E-state index contributed by atoms with van der Waals surface area (Å²) >= 11 is 0. The SMILES string of the molecule is CCS(=O)(=O)c1ccc(NC(C)(C)CO)cc1. The normalized spacial score (nSPS) is 12.5. The number of nitrogens with one attached hydrogen (secondary N) is 1. The Balaban J connectivity index is 2.90. The second-order valence-corrected chi connectivity index (χ2v) is 6.87. The lowest BCUT2D eigenvalue weighted by atomic mass is 10.1. The van der Waals surface area contributed by atoms with Crippen molar-refractivity contribution < 1.29 is 13.5 Å². The Hall–Kier alpha value is -1.07. The molecule has 5 heteroatoms. The monoisotopic (exact) mass is 257 g/mol. The van der Waals surface area contributed by atoms with Crippen molar-refractivity contribution in [3.8, 4) is 0 Å². The Kier molecular flexibility index (Phi) is 4.16. The van der Waals surface area contributed by atoms with E-state index in [4.69, 9.17) is 5.11 Å². The van der Waals surface area contributed by atoms with E-state index in [2.05, 4.69) is 5.32 Å². The molecule has 4 nitrogen and oxygen atoms in total. The third-order valence-corrected chi connectivity index (χ3v) is 4.22. The highest BCUT2D eigenvalue weighted by molar-refractivity contribution is 7.91. The molecule has 0 aliphatic rings. The Bertz CT molecular complexity index is 463. The molecule has 0 bridgehead atoms. The molecule has 0 amide bonds. The molecule has 0 heterocycles. The van der Waals surface area contributed by atoms with E-state index in [1.165, 1.54) is 0 Å². The van der Waals surface area contributed by atoms with Crippen LogP contribution < -0.4 is 5.32 Å². The van der Waals surface area contributed by atoms with E-state index >= 15 is 0 Å². The molecule has 17 heavy (non-hydrogen) atoms. The van der Waals surface area contributed by atoms with Gasteiger partial charge in [0.2, 0.25) is 0 Å². The molecular weight excluding hydrogens is 238 g/mol. The van der Waals surface area contributed by atoms with E-state index in [1.807, 2.05) is 13.8 Å². The summed E-state index contributed by atoms with van der Waals surface area (Å²) in [6.07, 6.45) is 0. The molecule has 0 aromatic heterocycles. The van der Waals surface area contributed by atoms with Gasteiger partial charge in [-0.1, -0.05) is 6.92 Å². The van der Waals surface area contributed by atoms with Crippen molar-refractivity contribution in [1.29, 1.82) is 0 Å². The highest BCUT2D eigenvalue weighted by Gasteiger charge is 2.16. The van der Waals surface area contributed by atoms with E-state index in [9.17, 15) is 8.42 Å². The predicted molar refractivity (Wildman–Crippen MR) is 69.0 cm³/mol. The average Bonchev–Trinajstić information content (AvgIpc) is 2.29. The molecule has 0 radical (unpaired) electrons. The van der Waals surface area contributed by atoms with Crippen molar-refractivity contribution in [2.45, 2.75) is 31.2 Å². The fraction of sp³-hybridized carbons (Fsp3) is 0.500. The minimum absolute atomic E-state index is 0.00199. The lowest BCUT2D eigenvalue weighted by molar-refractivity contribution is 0.234. The van der Waals surface area contributed by atoms with Crippen LogP contribution >= 0.6 is 0 Å². The second-order valence-electron chi connectivity index (χ2n) is 4.59. The van der Waals surface area contributed by atoms with Crippen LogP contribution in [0.2, 0.25) is 0 Å². The van der Waals surface area contributed by atoms with Crippen LogP contribution in [0.15, 0.2) is 29.2 Å². The Morgan fingerprint density at radius 3 is 2.18 bits per heavy atom. The fourth-order valence-electron chi connectivity index (χ4n) is 1.34. The molecule has 0 spiro atoms. The number of anilines is 1. The first-order valence-corrected chi connectivity index (χ1v) is 7.18. The van der Waals surface area contributed by atoms with Crippen LogP contribution in [0.5, 0.6) is 0 Å². The first kappa shape index (κ1) is 14.0. The van der Waals surface area contributed by atoms with Gasteiger partial charge < -0.3 is 10.4 Å². The third kappa shape index (κ3) is 3.71. The van der Waals surface area contributed by atoms with Gasteiger partial charge in [-0.05, 0) is 38.1 Å². The maximum Gasteiger partial charge on any atom is 0.178 e. The summed E-state index contributed by atoms with van der Waals surface area (Å²) in [4.78, 5) is 0.326. The quantitative estimate of drug-likeness (QED) is 0.842. The van der Waals surface area contributed by atoms with Crippen LogP contribution in [0.3, 0.4) is 0 Å². The number of hydrogen-bond acceptors (Lipinski definition) is 4. The zero-order valence-corrected chi connectivity index (χ0v) is 11.2. The van der Waals surface area contributed by atoms with E-state index in [-0.39, 0.29) is 12.4 Å². The number of aliphatic hydroxyl groups excluding tert-OH is 1. The lowest BCUT2D eigenvalue weighted by Gasteiger charge is -2.24. The van der Waals surface area contributed by atoms with E-state index in [1.54, 1.807) is 31.2 Å². The van der Waals surface area contributed by atoms with Crippen molar-refractivity contribution in [2.24, 2.45) is 0 Å². The van der Waals surface area contributed by atoms with Crippen LogP contribution in [0.1, 0.15) is 20.8 Å². The van der Waals surface area contributed by atoms with Crippen molar-refractivity contribution in [3.05, 3.63) is 24.3 Å². The average molecular weight is 257 g/mol. The number of aliphatic hydroxyl groups is 1. The molecule has 0 unspecified atom stereocenters. The summed E-state index contributed by atoms with van der Waals surface area (Å²) in [5.74, 6) is 0.0991. The van der Waals surface area contributed by atoms with Gasteiger partial charge in [0.1, 0.15) is 0 Å². The zero-order valence-electron chi connectivity index (χ0n) is 10.4. The van der Waals surface area contributed by atoms with Crippen molar-refractivity contribution in [1.82, 2.24) is 0 Å². The summed E-state index contributed by atoms with van der Waals surface area (Å²) in [7, 11) is -3.14. The van der Waals surface area contributed by atoms with Crippen LogP contribution in [0.25, 0.3) is 0 Å². The first-order valence-electron chi connectivity index (χ1n) is 5.52. The highest BCUT2D eigenvalue weighted by atomic mass is 32.2. The van der Waals surface area contributed by atoms with Crippen LogP contribution in [0.4, 0.5) is 5.69 Å². The largest absolute Gasteiger partial charge is 0.394 e. The molecule has 1 aromatic rings. The first-order chi connectivity index (χ1) is 7.80. The van der Waals surface area contributed by atoms with Gasteiger partial charge in [-0.15, -0.1) is 0 Å². The summed E-state index contributed by atoms with van der Waals surface area (Å²) in [6.45, 7) is 5.35. The molecular formula is C12H19NO3S. The Labute approximate surface area is 103 Å². The molecule has 0 saturated heterocycles. The zero-order chi connectivity index (χ0) is 13.1. The summed E-state index contributed by atoms with van der Waals surface area (Å²) < 4.78 is 23.2. The molecule has 0 aliphatic carbocycles. The van der Waals surface area contributed by atoms with Gasteiger partial charge >= 0.3 is 0 Å². The molecule has 2 N–H and O–H groups in total. The fourth-order valence-corrected chi connectivity index (χ4v) is 2.23. The number of sulfone groups is 1. The van der Waals surface area contributed by atoms with Crippen molar-refractivity contribution >= 4 is 15.5 Å². The lowest BCUT2D eigenvalue weighted by Crippen LogP contribution is -2.34. The van der Waals surface area contributed by atoms with E-state index in [0.717, 1.165) is 5.69 Å². The summed E-state index contributed by atoms with van der Waals surface area (Å²) in [5, 5.41) is 12.2. The van der Waals surface area contributed by atoms with E-state index < -0.39 is 15.4 Å². The number of hydrogen-bond donors (Lipinski definition) is 2. The smallest absolute Gasteiger partial charge is 0.178 e. The molecule has 0 atom stereocenters. The van der Waals surface area contributed by atoms with Crippen molar-refractivity contribution in [2.75, 3.05) is 17.7 Å². The topological polar surface area (TPSA) is 66.4 Å². The minimum Gasteiger partial charge on any atom is -0.394 e. The summed E-state index contributed by atoms with van der Waals surface area (Å²) in [5.41, 5.74) is 0.365. The number of benzene rings is 1. The molecule has 1 rings (SSSR count). The number of rotatable bonds is 5. The second kappa shape index (κ2) is 5.06. The molecule has 0 fully saturated rings. The third-order valence-electron chi connectivity index (χ3n) is 2.47. The molecule has 0 saturated carbocycles. The maximum absolute atomic E-state index is 11.6. The van der Waals surface area contributed by atoms with E-state index in [0.29, 0.717) is 4.90 Å². The molecule has 0 aliphatic heterocycles. The maximum atomic E-state index is 11.6. The predicted octanol–water partition coefficient (Wildman–Crippen LogP) is 1.66. The van der Waals surface area contributed by atoms with Crippen LogP contribution in [-0.4, -0.2) is 31.4 Å². The van der Waals surface area contributed by atoms with Gasteiger partial charge in [-0.3, -0.25) is 0 Å². The highest BCUT2D eigenvalue weighted by Crippen LogP contribution is 2.18. The Morgan fingerprint density at radius 1 is 1.24 bits per heavy atom. The van der Waals surface area contributed by atoms with Crippen LogP contribution in [-0.2, 0) is 9.84 Å². The van der Waals surface area contributed by atoms with Crippen molar-refractivity contribution in [3.63, 3.8) is 0 Å². The Morgan fingerprint density at radius 2 is 1.76 bits per heavy atom. The summed E-state index contributed by atoms with van der Waals surface area (Å²) in [6, 6.07) is 6.57. The molecule has 96 valence electrons. The van der Waals surface area contributed by atoms with Gasteiger partial charge in [0.25, 0.3) is 0 Å². The molecule has 1 aromatic carbocycles. The van der Waals surface area contributed by atoms with Crippen LogP contribution in [0, 0.1) is 0 Å². The van der Waals surface area contributed by atoms with Gasteiger partial charge in [0.15, 0.2) is 9.84 Å². The van der Waals surface area contributed by atoms with Gasteiger partial charge in [-0.2, -0.15) is 0 Å². The van der Waals surface area contributed by atoms with Gasteiger partial charge in [0.05, 0.1) is 22.8 Å². The standard InChI is InChI=1S/C12H19NO3S/c1-4-17(15,16)11-7-5-10(6-8-11)13-12(2,3)9-14/h5-8,13-14H,4,9H2,1-3H3.